The minimum Gasteiger partial charge on any atom is -0.493 e. The average molecular weight is 437 g/mol. The van der Waals surface area contributed by atoms with Crippen LogP contribution < -0.4 is 14.2 Å². The lowest BCUT2D eigenvalue weighted by Gasteiger charge is -2.25. The van der Waals surface area contributed by atoms with E-state index in [1.807, 2.05) is 54.6 Å². The summed E-state index contributed by atoms with van der Waals surface area (Å²) >= 11 is 0. The number of ether oxygens (including phenoxy) is 4. The Morgan fingerprint density at radius 2 is 1.28 bits per heavy atom. The first kappa shape index (κ1) is 23.2. The maximum absolute atomic E-state index is 11.6. The summed E-state index contributed by atoms with van der Waals surface area (Å²) in [5, 5.41) is 9.49. The fourth-order valence-electron chi connectivity index (χ4n) is 3.09. The Hall–Kier alpha value is -3.51. The van der Waals surface area contributed by atoms with Crippen LogP contribution in [0.1, 0.15) is 25.8 Å². The van der Waals surface area contributed by atoms with Gasteiger partial charge in [0, 0.05) is 13.0 Å². The molecule has 1 N–H and O–H groups in total. The second kappa shape index (κ2) is 11.2. The number of carbonyl (C=O) groups is 1. The quantitative estimate of drug-likeness (QED) is 0.369. The third-order valence-corrected chi connectivity index (χ3v) is 4.88. The molecule has 0 bridgehead atoms. The molecule has 3 aromatic carbocycles. The van der Waals surface area contributed by atoms with E-state index >= 15 is 0 Å². The number of aliphatic carboxylic acids is 1. The fraction of sp³-hybridized carbons (Fsp3) is 0.269. The number of carboxylic acid groups (broad SMARTS) is 1. The summed E-state index contributed by atoms with van der Waals surface area (Å²) in [5.74, 6) is 1.94. The number of hydrogen-bond donors (Lipinski definition) is 1. The van der Waals surface area contributed by atoms with E-state index in [-0.39, 0.29) is 0 Å². The summed E-state index contributed by atoms with van der Waals surface area (Å²) in [6.07, 6.45) is 0.704. The van der Waals surface area contributed by atoms with Crippen LogP contribution in [0.25, 0.3) is 0 Å². The largest absolute Gasteiger partial charge is 0.493 e. The summed E-state index contributed by atoms with van der Waals surface area (Å²) in [6, 6.07) is 24.0. The van der Waals surface area contributed by atoms with Crippen LogP contribution in [-0.4, -0.2) is 30.9 Å². The van der Waals surface area contributed by atoms with E-state index < -0.39 is 11.6 Å². The first-order chi connectivity index (χ1) is 15.5. The molecule has 0 unspecified atom stereocenters. The fourth-order valence-corrected chi connectivity index (χ4v) is 3.09. The molecule has 0 saturated heterocycles. The van der Waals surface area contributed by atoms with Gasteiger partial charge in [0.2, 0.25) is 0 Å². The zero-order valence-electron chi connectivity index (χ0n) is 18.3. The van der Waals surface area contributed by atoms with Gasteiger partial charge in [-0.05, 0) is 67.9 Å². The van der Waals surface area contributed by atoms with Gasteiger partial charge >= 0.3 is 5.97 Å². The van der Waals surface area contributed by atoms with Crippen molar-refractivity contribution in [1.82, 2.24) is 0 Å². The minimum atomic E-state index is -1.37. The molecule has 0 aliphatic heterocycles. The Kier molecular flexibility index (Phi) is 8.11. The van der Waals surface area contributed by atoms with Crippen molar-refractivity contribution in [2.24, 2.45) is 0 Å². The van der Waals surface area contributed by atoms with Gasteiger partial charge in [-0.1, -0.05) is 30.3 Å². The second-order valence-corrected chi connectivity index (χ2v) is 7.23. The molecule has 0 heterocycles. The van der Waals surface area contributed by atoms with Crippen molar-refractivity contribution in [3.63, 3.8) is 0 Å². The molecule has 0 fully saturated rings. The van der Waals surface area contributed by atoms with Gasteiger partial charge in [-0.3, -0.25) is 0 Å². The Morgan fingerprint density at radius 1 is 0.781 bits per heavy atom. The molecule has 0 radical (unpaired) electrons. The van der Waals surface area contributed by atoms with Crippen LogP contribution >= 0.6 is 0 Å². The molecule has 6 heteroatoms. The van der Waals surface area contributed by atoms with Gasteiger partial charge in [0.1, 0.15) is 23.0 Å². The molecule has 0 amide bonds. The molecule has 0 aliphatic carbocycles. The Balaban J connectivity index is 1.40. The smallest absolute Gasteiger partial charge is 0.340 e. The summed E-state index contributed by atoms with van der Waals surface area (Å²) in [5.41, 5.74) is -0.801. The van der Waals surface area contributed by atoms with E-state index in [0.717, 1.165) is 17.2 Å². The SMILES string of the molecule is CCO[C@](C)(C(=O)O)c1ccc(OCCCOc2ccc(Oc3ccccc3)cc2)cc1. The van der Waals surface area contributed by atoms with Gasteiger partial charge in [-0.2, -0.15) is 0 Å². The Morgan fingerprint density at radius 3 is 1.81 bits per heavy atom. The van der Waals surface area contributed by atoms with Gasteiger partial charge in [0.15, 0.2) is 5.60 Å². The second-order valence-electron chi connectivity index (χ2n) is 7.23. The highest BCUT2D eigenvalue weighted by atomic mass is 16.5. The van der Waals surface area contributed by atoms with Crippen molar-refractivity contribution in [3.8, 4) is 23.0 Å². The summed E-state index contributed by atoms with van der Waals surface area (Å²) < 4.78 is 22.7. The van der Waals surface area contributed by atoms with Gasteiger partial charge in [-0.15, -0.1) is 0 Å². The Bertz CT molecular complexity index is 969. The third kappa shape index (κ3) is 6.25. The summed E-state index contributed by atoms with van der Waals surface area (Å²) in [7, 11) is 0. The average Bonchev–Trinajstić information content (AvgIpc) is 2.81. The lowest BCUT2D eigenvalue weighted by atomic mass is 9.96. The van der Waals surface area contributed by atoms with Crippen molar-refractivity contribution in [1.29, 1.82) is 0 Å². The van der Waals surface area contributed by atoms with E-state index in [1.165, 1.54) is 0 Å². The Labute approximate surface area is 188 Å². The normalized spacial score (nSPS) is 12.6. The lowest BCUT2D eigenvalue weighted by Crippen LogP contribution is -2.35. The molecule has 0 saturated carbocycles. The maximum Gasteiger partial charge on any atom is 0.340 e. The van der Waals surface area contributed by atoms with Gasteiger partial charge < -0.3 is 24.1 Å². The van der Waals surface area contributed by atoms with Crippen LogP contribution in [0.15, 0.2) is 78.9 Å². The van der Waals surface area contributed by atoms with E-state index in [4.69, 9.17) is 18.9 Å². The van der Waals surface area contributed by atoms with Crippen molar-refractivity contribution in [2.75, 3.05) is 19.8 Å². The summed E-state index contributed by atoms with van der Waals surface area (Å²) in [4.78, 5) is 11.6. The first-order valence-corrected chi connectivity index (χ1v) is 10.6. The van der Waals surface area contributed by atoms with Gasteiger partial charge in [0.25, 0.3) is 0 Å². The molecule has 32 heavy (non-hydrogen) atoms. The van der Waals surface area contributed by atoms with E-state index in [9.17, 15) is 9.90 Å². The number of para-hydroxylation sites is 1. The van der Waals surface area contributed by atoms with Crippen LogP contribution in [0.2, 0.25) is 0 Å². The van der Waals surface area contributed by atoms with Crippen LogP contribution in [-0.2, 0) is 15.1 Å². The van der Waals surface area contributed by atoms with Crippen LogP contribution in [0, 0.1) is 0 Å². The van der Waals surface area contributed by atoms with E-state index in [1.54, 1.807) is 38.1 Å². The van der Waals surface area contributed by atoms with Gasteiger partial charge in [0.05, 0.1) is 13.2 Å². The lowest BCUT2D eigenvalue weighted by molar-refractivity contribution is -0.164. The molecule has 3 aromatic rings. The van der Waals surface area contributed by atoms with Crippen molar-refractivity contribution in [2.45, 2.75) is 25.9 Å². The predicted octanol–water partition coefficient (Wildman–Crippen LogP) is 5.66. The third-order valence-electron chi connectivity index (χ3n) is 4.88. The number of hydrogen-bond acceptors (Lipinski definition) is 5. The van der Waals surface area contributed by atoms with Crippen LogP contribution in [0.5, 0.6) is 23.0 Å². The molecule has 6 nitrogen and oxygen atoms in total. The van der Waals surface area contributed by atoms with Crippen molar-refractivity contribution in [3.05, 3.63) is 84.4 Å². The molecular weight excluding hydrogens is 408 g/mol. The topological polar surface area (TPSA) is 74.2 Å². The standard InChI is InChI=1S/C26H28O6/c1-3-31-26(2,25(27)28)20-10-12-21(13-11-20)29-18-7-19-30-22-14-16-24(17-15-22)32-23-8-5-4-6-9-23/h4-6,8-17H,3,7,18-19H2,1-2H3,(H,27,28)/t26-/m0/s1. The van der Waals surface area contributed by atoms with E-state index in [2.05, 4.69) is 0 Å². The highest BCUT2D eigenvalue weighted by Gasteiger charge is 2.35. The highest BCUT2D eigenvalue weighted by Crippen LogP contribution is 2.28. The maximum atomic E-state index is 11.6. The highest BCUT2D eigenvalue weighted by molar-refractivity contribution is 5.79. The number of rotatable bonds is 12. The first-order valence-electron chi connectivity index (χ1n) is 10.6. The van der Waals surface area contributed by atoms with Crippen LogP contribution in [0.4, 0.5) is 0 Å². The summed E-state index contributed by atoms with van der Waals surface area (Å²) in [6.45, 7) is 4.62. The predicted molar refractivity (Wildman–Crippen MR) is 122 cm³/mol. The molecule has 0 aliphatic rings. The molecule has 0 spiro atoms. The molecule has 3 rings (SSSR count). The monoisotopic (exact) mass is 436 g/mol. The van der Waals surface area contributed by atoms with E-state index in [0.29, 0.717) is 37.6 Å². The zero-order chi connectivity index (χ0) is 22.8. The molecule has 168 valence electrons. The number of carboxylic acids is 1. The van der Waals surface area contributed by atoms with Crippen LogP contribution in [0.3, 0.4) is 0 Å². The molecule has 1 atom stereocenters. The van der Waals surface area contributed by atoms with Crippen molar-refractivity contribution >= 4 is 5.97 Å². The number of benzene rings is 3. The molecule has 0 aromatic heterocycles. The van der Waals surface area contributed by atoms with Crippen molar-refractivity contribution < 1.29 is 28.8 Å². The molecular formula is C26H28O6. The minimum absolute atomic E-state index is 0.309. The van der Waals surface area contributed by atoms with Gasteiger partial charge in [-0.25, -0.2) is 4.79 Å². The zero-order valence-corrected chi connectivity index (χ0v) is 18.3.